The van der Waals surface area contributed by atoms with Crippen LogP contribution in [0.3, 0.4) is 0 Å². The number of nitrogens with zero attached hydrogens (tertiary/aromatic N) is 5. The molecule has 1 aliphatic carbocycles. The highest BCUT2D eigenvalue weighted by Crippen LogP contribution is 2.37. The van der Waals surface area contributed by atoms with Crippen molar-refractivity contribution < 1.29 is 28.7 Å². The number of fused-ring (bicyclic) bond motifs is 1. The van der Waals surface area contributed by atoms with Gasteiger partial charge in [-0.1, -0.05) is 12.1 Å². The van der Waals surface area contributed by atoms with Crippen LogP contribution in [0.25, 0.3) is 5.69 Å². The molecule has 4 atom stereocenters. The van der Waals surface area contributed by atoms with Gasteiger partial charge in [0.2, 0.25) is 5.91 Å². The van der Waals surface area contributed by atoms with Gasteiger partial charge in [-0.2, -0.15) is 4.98 Å². The van der Waals surface area contributed by atoms with Crippen LogP contribution in [-0.2, 0) is 20.7 Å². The van der Waals surface area contributed by atoms with Crippen molar-refractivity contribution in [2.75, 3.05) is 44.6 Å². The Balaban J connectivity index is 1.08. The SMILES string of the molecule is CC(Cc1ccc(-n2ccc(NC(=O)N3CCN(C(=O)C(C)(C)NC(=O)OC(C)(C)C)CC3)nc2=O)cc1)N1CC2CCC(NC(=O)OC(C)(C)C)CC2C1. The molecule has 4 unspecified atom stereocenters. The Labute approximate surface area is 324 Å². The second-order valence-electron chi connectivity index (χ2n) is 17.8. The number of amides is 5. The topological polar surface area (TPSA) is 167 Å². The number of nitrogens with one attached hydrogen (secondary N) is 3. The van der Waals surface area contributed by atoms with Crippen LogP contribution in [0.15, 0.2) is 41.3 Å². The first kappa shape index (κ1) is 41.5. The molecule has 55 heavy (non-hydrogen) atoms. The number of benzene rings is 1. The Morgan fingerprint density at radius 1 is 0.818 bits per heavy atom. The van der Waals surface area contributed by atoms with Crippen molar-refractivity contribution in [1.29, 1.82) is 0 Å². The zero-order valence-corrected chi connectivity index (χ0v) is 33.9. The first-order chi connectivity index (χ1) is 25.7. The van der Waals surface area contributed by atoms with E-state index in [4.69, 9.17) is 9.47 Å². The van der Waals surface area contributed by atoms with Gasteiger partial charge in [0, 0.05) is 57.5 Å². The molecule has 1 saturated carbocycles. The molecule has 1 aromatic heterocycles. The van der Waals surface area contributed by atoms with E-state index in [2.05, 4.69) is 32.8 Å². The van der Waals surface area contributed by atoms with Gasteiger partial charge in [-0.15, -0.1) is 0 Å². The molecule has 5 rings (SSSR count). The quantitative estimate of drug-likeness (QED) is 0.343. The number of hydrogen-bond acceptors (Lipinski definition) is 9. The number of piperazine rings is 1. The first-order valence-electron chi connectivity index (χ1n) is 19.4. The van der Waals surface area contributed by atoms with Crippen LogP contribution in [0.1, 0.15) is 87.1 Å². The average Bonchev–Trinajstić information content (AvgIpc) is 3.50. The van der Waals surface area contributed by atoms with Crippen LogP contribution in [-0.4, -0.2) is 116 Å². The smallest absolute Gasteiger partial charge is 0.408 e. The largest absolute Gasteiger partial charge is 0.444 e. The number of alkyl carbamates (subject to hydrolysis) is 2. The summed E-state index contributed by atoms with van der Waals surface area (Å²) in [5, 5.41) is 8.43. The van der Waals surface area contributed by atoms with Crippen molar-refractivity contribution in [3.63, 3.8) is 0 Å². The summed E-state index contributed by atoms with van der Waals surface area (Å²) in [6.07, 6.45) is 4.51. The molecular weight excluding hydrogens is 704 g/mol. The number of rotatable bonds is 8. The van der Waals surface area contributed by atoms with E-state index in [1.807, 2.05) is 45.0 Å². The third-order valence-electron chi connectivity index (χ3n) is 10.4. The highest BCUT2D eigenvalue weighted by molar-refractivity contribution is 5.90. The molecule has 2 aromatic rings. The van der Waals surface area contributed by atoms with Crippen molar-refractivity contribution in [2.24, 2.45) is 11.8 Å². The van der Waals surface area contributed by atoms with E-state index < -0.39 is 34.6 Å². The minimum Gasteiger partial charge on any atom is -0.444 e. The lowest BCUT2D eigenvalue weighted by Crippen LogP contribution is -2.60. The zero-order valence-electron chi connectivity index (χ0n) is 33.9. The average molecular weight is 765 g/mol. The Kier molecular flexibility index (Phi) is 12.5. The van der Waals surface area contributed by atoms with E-state index in [0.29, 0.717) is 23.6 Å². The standard InChI is InChI=1S/C40H60N8O7/c1-26(47-24-28-12-13-30(23-29(28)25-47)41-36(52)54-38(2,3)4)22-27-10-14-31(15-11-27)48-17-16-32(43-35(48)51)42-34(50)46-20-18-45(19-21-46)33(49)40(8,9)44-37(53)55-39(5,6)7/h10-11,14-17,26,28-30H,12-13,18-25H2,1-9H3,(H,41,52)(H,44,53)(H,42,43,50,51). The molecule has 2 aliphatic heterocycles. The van der Waals surface area contributed by atoms with Gasteiger partial charge in [0.05, 0.1) is 5.69 Å². The van der Waals surface area contributed by atoms with E-state index in [1.54, 1.807) is 56.7 Å². The van der Waals surface area contributed by atoms with Gasteiger partial charge >= 0.3 is 23.9 Å². The lowest BCUT2D eigenvalue weighted by molar-refractivity contribution is -0.138. The maximum absolute atomic E-state index is 13.2. The third-order valence-corrected chi connectivity index (χ3v) is 10.4. The molecule has 5 amide bonds. The van der Waals surface area contributed by atoms with Gasteiger partial charge in [-0.05, 0) is 124 Å². The minimum absolute atomic E-state index is 0.135. The van der Waals surface area contributed by atoms with E-state index in [-0.39, 0.29) is 50.0 Å². The number of carbonyl (C=O) groups is 4. The van der Waals surface area contributed by atoms with Gasteiger partial charge in [0.15, 0.2) is 0 Å². The van der Waals surface area contributed by atoms with Crippen LogP contribution in [0, 0.1) is 11.8 Å². The second-order valence-corrected chi connectivity index (χ2v) is 17.8. The number of hydrogen-bond donors (Lipinski definition) is 3. The van der Waals surface area contributed by atoms with Crippen LogP contribution >= 0.6 is 0 Å². The molecule has 2 saturated heterocycles. The fourth-order valence-electron chi connectivity index (χ4n) is 7.67. The van der Waals surface area contributed by atoms with Crippen LogP contribution < -0.4 is 21.6 Å². The fraction of sp³-hybridized carbons (Fsp3) is 0.650. The lowest BCUT2D eigenvalue weighted by atomic mass is 9.79. The van der Waals surface area contributed by atoms with Crippen LogP contribution in [0.2, 0.25) is 0 Å². The molecular formula is C40H60N8O7. The number of urea groups is 1. The third kappa shape index (κ3) is 11.4. The van der Waals surface area contributed by atoms with Gasteiger partial charge in [-0.25, -0.2) is 19.2 Å². The zero-order chi connectivity index (χ0) is 40.3. The van der Waals surface area contributed by atoms with Gasteiger partial charge in [-0.3, -0.25) is 19.6 Å². The molecule has 3 heterocycles. The van der Waals surface area contributed by atoms with E-state index in [1.165, 1.54) is 10.1 Å². The summed E-state index contributed by atoms with van der Waals surface area (Å²) < 4.78 is 12.2. The Bertz CT molecular complexity index is 1760. The lowest BCUT2D eigenvalue weighted by Gasteiger charge is -2.38. The van der Waals surface area contributed by atoms with Gasteiger partial charge in [0.25, 0.3) is 0 Å². The number of aromatic nitrogens is 2. The summed E-state index contributed by atoms with van der Waals surface area (Å²) in [6.45, 7) is 19.6. The Morgan fingerprint density at radius 2 is 1.42 bits per heavy atom. The predicted octanol–water partition coefficient (Wildman–Crippen LogP) is 4.77. The molecule has 1 aromatic carbocycles. The monoisotopic (exact) mass is 764 g/mol. The van der Waals surface area contributed by atoms with Crippen molar-refractivity contribution in [3.8, 4) is 5.69 Å². The summed E-state index contributed by atoms with van der Waals surface area (Å²) in [5.41, 5.74) is -1.07. The fourth-order valence-corrected chi connectivity index (χ4v) is 7.67. The van der Waals surface area contributed by atoms with Gasteiger partial charge < -0.3 is 29.9 Å². The number of anilines is 1. The number of likely N-dealkylation sites (tertiary alicyclic amines) is 1. The highest BCUT2D eigenvalue weighted by Gasteiger charge is 2.40. The van der Waals surface area contributed by atoms with Crippen LogP contribution in [0.5, 0.6) is 0 Å². The summed E-state index contributed by atoms with van der Waals surface area (Å²) in [4.78, 5) is 73.7. The molecule has 3 fully saturated rings. The van der Waals surface area contributed by atoms with Crippen molar-refractivity contribution in [2.45, 2.75) is 117 Å². The van der Waals surface area contributed by atoms with Crippen LogP contribution in [0.4, 0.5) is 20.2 Å². The summed E-state index contributed by atoms with van der Waals surface area (Å²) >= 11 is 0. The Morgan fingerprint density at radius 3 is 2.04 bits per heavy atom. The van der Waals surface area contributed by atoms with E-state index >= 15 is 0 Å². The molecule has 15 heteroatoms. The summed E-state index contributed by atoms with van der Waals surface area (Å²) in [6, 6.07) is 9.55. The van der Waals surface area contributed by atoms with E-state index in [9.17, 15) is 24.0 Å². The van der Waals surface area contributed by atoms with Crippen molar-refractivity contribution in [3.05, 3.63) is 52.6 Å². The molecule has 0 radical (unpaired) electrons. The minimum atomic E-state index is -1.19. The number of carbonyl (C=O) groups excluding carboxylic acids is 4. The maximum atomic E-state index is 13.2. The predicted molar refractivity (Wildman–Crippen MR) is 209 cm³/mol. The van der Waals surface area contributed by atoms with Gasteiger partial charge in [0.1, 0.15) is 22.6 Å². The molecule has 3 N–H and O–H groups in total. The maximum Gasteiger partial charge on any atom is 0.408 e. The Hall–Kier alpha value is -4.66. The van der Waals surface area contributed by atoms with Crippen molar-refractivity contribution >= 4 is 29.9 Å². The van der Waals surface area contributed by atoms with E-state index in [0.717, 1.165) is 38.8 Å². The summed E-state index contributed by atoms with van der Waals surface area (Å²) in [5.74, 6) is 1.06. The first-order valence-corrected chi connectivity index (χ1v) is 19.4. The molecule has 302 valence electrons. The molecule has 15 nitrogen and oxygen atoms in total. The number of ether oxygens (including phenoxy) is 2. The second kappa shape index (κ2) is 16.6. The summed E-state index contributed by atoms with van der Waals surface area (Å²) in [7, 11) is 0. The molecule has 0 spiro atoms. The normalized spacial score (nSPS) is 21.3. The van der Waals surface area contributed by atoms with Crippen molar-refractivity contribution in [1.82, 2.24) is 34.9 Å². The molecule has 0 bridgehead atoms. The molecule has 3 aliphatic rings. The highest BCUT2D eigenvalue weighted by atomic mass is 16.6.